The van der Waals surface area contributed by atoms with E-state index in [0.29, 0.717) is 0 Å². The molecule has 102 valence electrons. The van der Waals surface area contributed by atoms with Crippen LogP contribution in [0.15, 0.2) is 41.8 Å². The van der Waals surface area contributed by atoms with Gasteiger partial charge in [-0.25, -0.2) is 4.98 Å². The zero-order valence-corrected chi connectivity index (χ0v) is 12.0. The Morgan fingerprint density at radius 3 is 2.80 bits per heavy atom. The van der Waals surface area contributed by atoms with Gasteiger partial charge in [0.2, 0.25) is 0 Å². The van der Waals surface area contributed by atoms with Gasteiger partial charge in [0.15, 0.2) is 0 Å². The molecule has 0 saturated heterocycles. The Morgan fingerprint density at radius 1 is 1.20 bits per heavy atom. The maximum atomic E-state index is 5.69. The van der Waals surface area contributed by atoms with Gasteiger partial charge >= 0.3 is 0 Å². The summed E-state index contributed by atoms with van der Waals surface area (Å²) in [6.45, 7) is 2.00. The topological polar surface area (TPSA) is 63.8 Å². The van der Waals surface area contributed by atoms with Gasteiger partial charge < -0.3 is 0 Å². The van der Waals surface area contributed by atoms with Crippen molar-refractivity contribution in [1.29, 1.82) is 0 Å². The first-order valence-electron chi connectivity index (χ1n) is 6.49. The van der Waals surface area contributed by atoms with Crippen LogP contribution in [0.2, 0.25) is 0 Å². The van der Waals surface area contributed by atoms with Gasteiger partial charge in [-0.1, -0.05) is 24.3 Å². The van der Waals surface area contributed by atoms with Crippen molar-refractivity contribution < 1.29 is 0 Å². The van der Waals surface area contributed by atoms with Crippen LogP contribution in [-0.4, -0.2) is 9.97 Å². The summed E-state index contributed by atoms with van der Waals surface area (Å²) in [6.07, 6.45) is 0.750. The Labute approximate surface area is 121 Å². The van der Waals surface area contributed by atoms with E-state index in [-0.39, 0.29) is 6.04 Å². The van der Waals surface area contributed by atoms with E-state index in [4.69, 9.17) is 5.84 Å². The van der Waals surface area contributed by atoms with Crippen molar-refractivity contribution >= 4 is 22.2 Å². The Bertz CT molecular complexity index is 722. The van der Waals surface area contributed by atoms with Gasteiger partial charge in [0.1, 0.15) is 0 Å². The number of pyridine rings is 1. The molecule has 1 atom stereocenters. The van der Waals surface area contributed by atoms with E-state index in [2.05, 4.69) is 32.9 Å². The van der Waals surface area contributed by atoms with Gasteiger partial charge in [0.05, 0.1) is 22.3 Å². The van der Waals surface area contributed by atoms with Gasteiger partial charge in [-0.15, -0.1) is 11.3 Å². The Balaban J connectivity index is 1.90. The SMILES string of the molecule is Cc1csc(CC(NN)c2ccc3ccccc3n2)n1. The number of para-hydroxylation sites is 1. The summed E-state index contributed by atoms with van der Waals surface area (Å²) in [5.74, 6) is 5.69. The number of fused-ring (bicyclic) bond motifs is 1. The van der Waals surface area contributed by atoms with Crippen molar-refractivity contribution in [3.05, 3.63) is 58.2 Å². The fraction of sp³-hybridized carbons (Fsp3) is 0.200. The van der Waals surface area contributed by atoms with Crippen molar-refractivity contribution in [2.45, 2.75) is 19.4 Å². The number of hydrogen-bond donors (Lipinski definition) is 2. The molecule has 1 unspecified atom stereocenters. The highest BCUT2D eigenvalue weighted by molar-refractivity contribution is 7.09. The molecule has 20 heavy (non-hydrogen) atoms. The summed E-state index contributed by atoms with van der Waals surface area (Å²) in [6, 6.07) is 12.2. The first kappa shape index (κ1) is 13.2. The molecular weight excluding hydrogens is 268 g/mol. The van der Waals surface area contributed by atoms with E-state index in [0.717, 1.165) is 33.7 Å². The number of aromatic nitrogens is 2. The molecule has 0 amide bonds. The molecule has 4 nitrogen and oxygen atoms in total. The second kappa shape index (κ2) is 5.66. The van der Waals surface area contributed by atoms with Gasteiger partial charge in [-0.2, -0.15) is 0 Å². The highest BCUT2D eigenvalue weighted by Gasteiger charge is 2.14. The number of aryl methyl sites for hydroxylation is 1. The van der Waals surface area contributed by atoms with Gasteiger partial charge in [-0.05, 0) is 19.1 Å². The second-order valence-electron chi connectivity index (χ2n) is 4.73. The van der Waals surface area contributed by atoms with Crippen LogP contribution >= 0.6 is 11.3 Å². The van der Waals surface area contributed by atoms with E-state index in [9.17, 15) is 0 Å². The van der Waals surface area contributed by atoms with Crippen LogP contribution in [-0.2, 0) is 6.42 Å². The lowest BCUT2D eigenvalue weighted by Crippen LogP contribution is -2.30. The summed E-state index contributed by atoms with van der Waals surface area (Å²) in [5, 5.41) is 4.26. The zero-order valence-electron chi connectivity index (χ0n) is 11.2. The summed E-state index contributed by atoms with van der Waals surface area (Å²) in [4.78, 5) is 9.17. The van der Waals surface area contributed by atoms with Crippen molar-refractivity contribution in [2.24, 2.45) is 5.84 Å². The Morgan fingerprint density at radius 2 is 2.05 bits per heavy atom. The fourth-order valence-electron chi connectivity index (χ4n) is 2.20. The molecule has 3 N–H and O–H groups in total. The van der Waals surface area contributed by atoms with E-state index in [1.807, 2.05) is 31.2 Å². The molecule has 0 saturated carbocycles. The molecule has 0 aliphatic rings. The minimum absolute atomic E-state index is 0.0230. The first-order chi connectivity index (χ1) is 9.76. The third-order valence-corrected chi connectivity index (χ3v) is 4.21. The van der Waals surface area contributed by atoms with E-state index >= 15 is 0 Å². The first-order valence-corrected chi connectivity index (χ1v) is 7.37. The molecule has 0 aliphatic heterocycles. The van der Waals surface area contributed by atoms with E-state index < -0.39 is 0 Å². The van der Waals surface area contributed by atoms with E-state index in [1.54, 1.807) is 11.3 Å². The number of nitrogens with one attached hydrogen (secondary N) is 1. The Kier molecular flexibility index (Phi) is 3.73. The van der Waals surface area contributed by atoms with E-state index in [1.165, 1.54) is 0 Å². The predicted octanol–water partition coefficient (Wildman–Crippen LogP) is 2.75. The standard InChI is InChI=1S/C15H16N4S/c1-10-9-20-15(17-10)8-14(19-16)13-7-6-11-4-2-3-5-12(11)18-13/h2-7,9,14,19H,8,16H2,1H3. The summed E-state index contributed by atoms with van der Waals surface area (Å²) >= 11 is 1.66. The molecule has 0 bridgehead atoms. The molecule has 3 aromatic rings. The van der Waals surface area contributed by atoms with Gasteiger partial charge in [0.25, 0.3) is 0 Å². The van der Waals surface area contributed by atoms with Crippen LogP contribution in [0, 0.1) is 6.92 Å². The lowest BCUT2D eigenvalue weighted by atomic mass is 10.1. The maximum Gasteiger partial charge on any atom is 0.0948 e. The number of nitrogens with zero attached hydrogens (tertiary/aromatic N) is 2. The second-order valence-corrected chi connectivity index (χ2v) is 5.68. The third-order valence-electron chi connectivity index (χ3n) is 3.22. The number of benzene rings is 1. The van der Waals surface area contributed by atoms with Crippen LogP contribution in [0.1, 0.15) is 22.4 Å². The van der Waals surface area contributed by atoms with Crippen LogP contribution in [0.4, 0.5) is 0 Å². The number of rotatable bonds is 4. The molecule has 0 radical (unpaired) electrons. The molecule has 5 heteroatoms. The number of hydrogen-bond acceptors (Lipinski definition) is 5. The highest BCUT2D eigenvalue weighted by atomic mass is 32.1. The lowest BCUT2D eigenvalue weighted by molar-refractivity contribution is 0.538. The zero-order chi connectivity index (χ0) is 13.9. The Hall–Kier alpha value is -1.82. The monoisotopic (exact) mass is 284 g/mol. The highest BCUT2D eigenvalue weighted by Crippen LogP contribution is 2.21. The summed E-state index contributed by atoms with van der Waals surface area (Å²) in [5.41, 5.74) is 5.82. The van der Waals surface area contributed by atoms with Crippen molar-refractivity contribution in [2.75, 3.05) is 0 Å². The minimum Gasteiger partial charge on any atom is -0.271 e. The molecular formula is C15H16N4S. The molecule has 0 spiro atoms. The molecule has 2 heterocycles. The van der Waals surface area contributed by atoms with Crippen LogP contribution in [0.3, 0.4) is 0 Å². The van der Waals surface area contributed by atoms with Crippen molar-refractivity contribution in [1.82, 2.24) is 15.4 Å². The van der Waals surface area contributed by atoms with Gasteiger partial charge in [0, 0.05) is 22.9 Å². The number of hydrazine groups is 1. The minimum atomic E-state index is -0.0230. The molecule has 1 aromatic carbocycles. The van der Waals surface area contributed by atoms with Gasteiger partial charge in [-0.3, -0.25) is 16.3 Å². The molecule has 3 rings (SSSR count). The summed E-state index contributed by atoms with van der Waals surface area (Å²) < 4.78 is 0. The third kappa shape index (κ3) is 2.70. The molecule has 0 fully saturated rings. The van der Waals surface area contributed by atoms with Crippen LogP contribution < -0.4 is 11.3 Å². The summed E-state index contributed by atoms with van der Waals surface area (Å²) in [7, 11) is 0. The smallest absolute Gasteiger partial charge is 0.0948 e. The molecule has 2 aromatic heterocycles. The fourth-order valence-corrected chi connectivity index (χ4v) is 3.01. The largest absolute Gasteiger partial charge is 0.271 e. The normalized spacial score (nSPS) is 12.7. The average Bonchev–Trinajstić information content (AvgIpc) is 2.89. The molecule has 0 aliphatic carbocycles. The quantitative estimate of drug-likeness (QED) is 0.571. The maximum absolute atomic E-state index is 5.69. The van der Waals surface area contributed by atoms with Crippen molar-refractivity contribution in [3.63, 3.8) is 0 Å². The predicted molar refractivity (Wildman–Crippen MR) is 82.4 cm³/mol. The number of thiazole rings is 1. The van der Waals surface area contributed by atoms with Crippen molar-refractivity contribution in [3.8, 4) is 0 Å². The average molecular weight is 284 g/mol. The lowest BCUT2D eigenvalue weighted by Gasteiger charge is -2.14. The number of nitrogens with two attached hydrogens (primary N) is 1. The van der Waals surface area contributed by atoms with Crippen LogP contribution in [0.5, 0.6) is 0 Å². The van der Waals surface area contributed by atoms with Crippen LogP contribution in [0.25, 0.3) is 10.9 Å².